The minimum atomic E-state index is 0.558. The van der Waals surface area contributed by atoms with Gasteiger partial charge in [0, 0.05) is 18.0 Å². The second-order valence-corrected chi connectivity index (χ2v) is 7.48. The van der Waals surface area contributed by atoms with Gasteiger partial charge in [-0.3, -0.25) is 0 Å². The van der Waals surface area contributed by atoms with Gasteiger partial charge in [-0.25, -0.2) is 0 Å². The number of thioether (sulfide) groups is 1. The monoisotopic (exact) mass is 394 g/mol. The highest BCUT2D eigenvalue weighted by Gasteiger charge is 2.03. The molecule has 0 bridgehead atoms. The van der Waals surface area contributed by atoms with Gasteiger partial charge in [-0.2, -0.15) is 11.8 Å². The van der Waals surface area contributed by atoms with Gasteiger partial charge in [0.05, 0.1) is 12.1 Å². The summed E-state index contributed by atoms with van der Waals surface area (Å²) < 4.78 is 5.14. The van der Waals surface area contributed by atoms with Gasteiger partial charge >= 0.3 is 0 Å². The minimum absolute atomic E-state index is 0.558. The normalized spacial score (nSPS) is 10.4. The molecule has 6 heteroatoms. The Morgan fingerprint density at radius 3 is 2.76 bits per heavy atom. The third kappa shape index (κ3) is 6.77. The van der Waals surface area contributed by atoms with E-state index in [1.165, 1.54) is 11.1 Å². The van der Waals surface area contributed by atoms with E-state index < -0.39 is 0 Å². The number of hydrogen-bond donors (Lipinski definition) is 2. The van der Waals surface area contributed by atoms with Crippen molar-refractivity contribution in [3.63, 3.8) is 0 Å². The Morgan fingerprint density at radius 2 is 2.04 bits per heavy atom. The third-order valence-corrected chi connectivity index (χ3v) is 5.31. The van der Waals surface area contributed by atoms with Gasteiger partial charge in [-0.05, 0) is 60.6 Å². The number of anilines is 1. The summed E-state index contributed by atoms with van der Waals surface area (Å²) in [4.78, 5) is 0. The van der Waals surface area contributed by atoms with Crippen molar-refractivity contribution >= 4 is 46.4 Å². The number of halogens is 1. The molecule has 0 fully saturated rings. The molecule has 25 heavy (non-hydrogen) atoms. The van der Waals surface area contributed by atoms with Crippen molar-refractivity contribution in [3.05, 3.63) is 58.6 Å². The molecule has 0 spiro atoms. The maximum atomic E-state index is 6.10. The number of hydrogen-bond acceptors (Lipinski definition) is 3. The Morgan fingerprint density at radius 1 is 1.24 bits per heavy atom. The lowest BCUT2D eigenvalue weighted by Gasteiger charge is -2.12. The molecule has 0 radical (unpaired) electrons. The summed E-state index contributed by atoms with van der Waals surface area (Å²) in [5.74, 6) is 2.80. The Balaban J connectivity index is 1.62. The fourth-order valence-corrected chi connectivity index (χ4v) is 3.76. The second-order valence-electron chi connectivity index (χ2n) is 5.56. The predicted octanol–water partition coefficient (Wildman–Crippen LogP) is 5.27. The van der Waals surface area contributed by atoms with Crippen LogP contribution in [0.3, 0.4) is 0 Å². The van der Waals surface area contributed by atoms with Crippen LogP contribution in [0.1, 0.15) is 17.5 Å². The average molecular weight is 395 g/mol. The number of methoxy groups -OCH3 is 1. The molecule has 0 aromatic heterocycles. The van der Waals surface area contributed by atoms with E-state index in [0.717, 1.165) is 30.2 Å². The highest BCUT2D eigenvalue weighted by Crippen LogP contribution is 2.27. The Kier molecular flexibility index (Phi) is 8.38. The van der Waals surface area contributed by atoms with Crippen LogP contribution in [-0.4, -0.2) is 24.5 Å². The molecule has 134 valence electrons. The second kappa shape index (κ2) is 10.5. The summed E-state index contributed by atoms with van der Waals surface area (Å²) >= 11 is 13.4. The summed E-state index contributed by atoms with van der Waals surface area (Å²) in [6.07, 6.45) is 1.06. The van der Waals surface area contributed by atoms with Crippen molar-refractivity contribution in [3.8, 4) is 5.75 Å². The standard InChI is InChI=1S/C19H23ClN2OS2/c1-14-6-3-4-7-15(14)13-25-11-5-10-21-19(24)22-16-8-9-18(23-2)17(20)12-16/h3-4,6-9,12H,5,10-11,13H2,1-2H3,(H2,21,22,24). The number of ether oxygens (including phenoxy) is 1. The molecular weight excluding hydrogens is 372 g/mol. The van der Waals surface area contributed by atoms with Gasteiger partial charge in [0.25, 0.3) is 0 Å². The van der Waals surface area contributed by atoms with Crippen LogP contribution in [0.15, 0.2) is 42.5 Å². The van der Waals surface area contributed by atoms with E-state index in [1.54, 1.807) is 13.2 Å². The van der Waals surface area contributed by atoms with Crippen molar-refractivity contribution in [2.45, 2.75) is 19.1 Å². The lowest BCUT2D eigenvalue weighted by atomic mass is 10.1. The number of aryl methyl sites for hydroxylation is 1. The SMILES string of the molecule is COc1ccc(NC(=S)NCCCSCc2ccccc2C)cc1Cl. The lowest BCUT2D eigenvalue weighted by molar-refractivity contribution is 0.415. The smallest absolute Gasteiger partial charge is 0.170 e. The first-order valence-corrected chi connectivity index (χ1v) is 10.0. The summed E-state index contributed by atoms with van der Waals surface area (Å²) in [5, 5.41) is 7.51. The molecule has 0 aliphatic rings. The molecule has 0 aliphatic carbocycles. The molecule has 2 aromatic rings. The summed E-state index contributed by atoms with van der Waals surface area (Å²) in [6, 6.07) is 14.0. The maximum Gasteiger partial charge on any atom is 0.170 e. The van der Waals surface area contributed by atoms with Crippen LogP contribution in [0.25, 0.3) is 0 Å². The fourth-order valence-electron chi connectivity index (χ4n) is 2.25. The van der Waals surface area contributed by atoms with Crippen molar-refractivity contribution < 1.29 is 4.74 Å². The van der Waals surface area contributed by atoms with E-state index in [-0.39, 0.29) is 0 Å². The van der Waals surface area contributed by atoms with Crippen molar-refractivity contribution in [1.82, 2.24) is 5.32 Å². The summed E-state index contributed by atoms with van der Waals surface area (Å²) in [6.45, 7) is 3.00. The van der Waals surface area contributed by atoms with E-state index in [2.05, 4.69) is 41.8 Å². The summed E-state index contributed by atoms with van der Waals surface area (Å²) in [5.41, 5.74) is 3.61. The van der Waals surface area contributed by atoms with E-state index >= 15 is 0 Å². The lowest BCUT2D eigenvalue weighted by Crippen LogP contribution is -2.29. The Labute approximate surface area is 164 Å². The molecule has 0 saturated heterocycles. The highest BCUT2D eigenvalue weighted by atomic mass is 35.5. The van der Waals surface area contributed by atoms with Gasteiger partial charge in [-0.1, -0.05) is 35.9 Å². The first kappa shape index (κ1) is 19.9. The first-order valence-electron chi connectivity index (χ1n) is 8.11. The zero-order chi connectivity index (χ0) is 18.1. The number of thiocarbonyl (C=S) groups is 1. The van der Waals surface area contributed by atoms with Crippen LogP contribution in [0.4, 0.5) is 5.69 Å². The van der Waals surface area contributed by atoms with Crippen LogP contribution in [-0.2, 0) is 5.75 Å². The highest BCUT2D eigenvalue weighted by molar-refractivity contribution is 7.98. The van der Waals surface area contributed by atoms with Crippen molar-refractivity contribution in [1.29, 1.82) is 0 Å². The zero-order valence-corrected chi connectivity index (χ0v) is 16.9. The zero-order valence-electron chi connectivity index (χ0n) is 14.5. The molecule has 0 saturated carbocycles. The molecule has 2 aromatic carbocycles. The van der Waals surface area contributed by atoms with Crippen LogP contribution < -0.4 is 15.4 Å². The van der Waals surface area contributed by atoms with Crippen LogP contribution in [0.2, 0.25) is 5.02 Å². The molecule has 2 N–H and O–H groups in total. The van der Waals surface area contributed by atoms with Crippen molar-refractivity contribution in [2.24, 2.45) is 0 Å². The third-order valence-electron chi connectivity index (χ3n) is 3.68. The molecule has 0 heterocycles. The molecule has 3 nitrogen and oxygen atoms in total. The average Bonchev–Trinajstić information content (AvgIpc) is 2.59. The predicted molar refractivity (Wildman–Crippen MR) is 114 cm³/mol. The number of nitrogens with one attached hydrogen (secondary N) is 2. The summed E-state index contributed by atoms with van der Waals surface area (Å²) in [7, 11) is 1.59. The molecular formula is C19H23ClN2OS2. The quantitative estimate of drug-likeness (QED) is 0.471. The maximum absolute atomic E-state index is 6.10. The number of benzene rings is 2. The van der Waals surface area contributed by atoms with Gasteiger partial charge in [0.15, 0.2) is 5.11 Å². The first-order chi connectivity index (χ1) is 12.1. The molecule has 0 aliphatic heterocycles. The van der Waals surface area contributed by atoms with E-state index in [4.69, 9.17) is 28.6 Å². The Bertz CT molecular complexity index is 710. The van der Waals surface area contributed by atoms with Gasteiger partial charge in [0.1, 0.15) is 5.75 Å². The van der Waals surface area contributed by atoms with Gasteiger partial charge < -0.3 is 15.4 Å². The van der Waals surface area contributed by atoms with Crippen LogP contribution >= 0.6 is 35.6 Å². The number of rotatable bonds is 8. The molecule has 2 rings (SSSR count). The van der Waals surface area contributed by atoms with Gasteiger partial charge in [0.2, 0.25) is 0 Å². The topological polar surface area (TPSA) is 33.3 Å². The molecule has 0 atom stereocenters. The van der Waals surface area contributed by atoms with Crippen molar-refractivity contribution in [2.75, 3.05) is 24.7 Å². The van der Waals surface area contributed by atoms with E-state index in [9.17, 15) is 0 Å². The van der Waals surface area contributed by atoms with E-state index in [1.807, 2.05) is 23.9 Å². The minimum Gasteiger partial charge on any atom is -0.495 e. The van der Waals surface area contributed by atoms with Gasteiger partial charge in [-0.15, -0.1) is 0 Å². The van der Waals surface area contributed by atoms with Crippen LogP contribution in [0, 0.1) is 6.92 Å². The largest absolute Gasteiger partial charge is 0.495 e. The van der Waals surface area contributed by atoms with E-state index in [0.29, 0.717) is 15.9 Å². The molecule has 0 amide bonds. The molecule has 0 unspecified atom stereocenters. The Hall–Kier alpha value is -1.43. The van der Waals surface area contributed by atoms with Crippen LogP contribution in [0.5, 0.6) is 5.75 Å². The fraction of sp³-hybridized carbons (Fsp3) is 0.316.